The van der Waals surface area contributed by atoms with Gasteiger partial charge in [-0.2, -0.15) is 0 Å². The molecule has 0 aliphatic rings. The van der Waals surface area contributed by atoms with Crippen molar-refractivity contribution in [2.24, 2.45) is 0 Å². The zero-order valence-corrected chi connectivity index (χ0v) is 46.4. The Hall–Kier alpha value is -1.59. The lowest BCUT2D eigenvalue weighted by molar-refractivity contribution is -0.167. The van der Waals surface area contributed by atoms with Gasteiger partial charge in [0.25, 0.3) is 0 Å². The SMILES string of the molecule is CCCCCCCCCCCCCCCCCCCCCCCCCCCC(=O)OCC(COC(=O)CCCCCCCCCC)OC(=O)CCCCCCCCCCCCCCCCCCC. The van der Waals surface area contributed by atoms with Crippen molar-refractivity contribution in [2.75, 3.05) is 13.2 Å². The van der Waals surface area contributed by atoms with Crippen molar-refractivity contribution in [3.05, 3.63) is 0 Å². The normalized spacial score (nSPS) is 11.9. The molecule has 0 fully saturated rings. The van der Waals surface area contributed by atoms with E-state index in [0.717, 1.165) is 57.8 Å². The second-order valence-corrected chi connectivity index (χ2v) is 21.3. The van der Waals surface area contributed by atoms with Gasteiger partial charge < -0.3 is 14.2 Å². The third kappa shape index (κ3) is 55.3. The number of carbonyl (C=O) groups is 3. The van der Waals surface area contributed by atoms with Crippen molar-refractivity contribution in [2.45, 2.75) is 367 Å². The van der Waals surface area contributed by atoms with E-state index < -0.39 is 6.10 Å². The molecule has 0 radical (unpaired) electrons. The molecule has 0 aromatic heterocycles. The number of hydrogen-bond donors (Lipinski definition) is 0. The molecule has 0 amide bonds. The van der Waals surface area contributed by atoms with Gasteiger partial charge in [0.2, 0.25) is 0 Å². The standard InChI is InChI=1S/C62H120O6/c1-4-7-10-13-16-19-21-23-25-27-28-29-30-31-32-33-34-36-37-39-41-43-46-49-52-55-61(64)67-58-59(57-66-60(63)54-51-48-45-18-15-12-9-6-3)68-62(65)56-53-50-47-44-42-40-38-35-26-24-22-20-17-14-11-8-5-2/h59H,4-58H2,1-3H3. The molecule has 404 valence electrons. The van der Waals surface area contributed by atoms with Crippen LogP contribution in [0.4, 0.5) is 0 Å². The average molecular weight is 962 g/mol. The van der Waals surface area contributed by atoms with Crippen LogP contribution in [-0.2, 0) is 28.6 Å². The average Bonchev–Trinajstić information content (AvgIpc) is 3.34. The summed E-state index contributed by atoms with van der Waals surface area (Å²) in [4.78, 5) is 38.0. The van der Waals surface area contributed by atoms with E-state index in [1.807, 2.05) is 0 Å². The lowest BCUT2D eigenvalue weighted by atomic mass is 10.0. The summed E-state index contributed by atoms with van der Waals surface area (Å²) in [6.45, 7) is 6.69. The Kier molecular flexibility index (Phi) is 56.6. The van der Waals surface area contributed by atoms with Crippen LogP contribution < -0.4 is 0 Å². The van der Waals surface area contributed by atoms with Crippen LogP contribution in [0.25, 0.3) is 0 Å². The number of ether oxygens (including phenoxy) is 3. The first-order chi connectivity index (χ1) is 33.5. The molecule has 68 heavy (non-hydrogen) atoms. The lowest BCUT2D eigenvalue weighted by Gasteiger charge is -2.18. The number of esters is 3. The molecule has 0 spiro atoms. The highest BCUT2D eigenvalue weighted by Gasteiger charge is 2.19. The number of hydrogen-bond acceptors (Lipinski definition) is 6. The van der Waals surface area contributed by atoms with Crippen LogP contribution in [0.1, 0.15) is 361 Å². The van der Waals surface area contributed by atoms with Crippen LogP contribution in [0.3, 0.4) is 0 Å². The summed E-state index contributed by atoms with van der Waals surface area (Å²) >= 11 is 0. The fourth-order valence-electron chi connectivity index (χ4n) is 9.68. The molecule has 0 saturated carbocycles. The highest BCUT2D eigenvalue weighted by Crippen LogP contribution is 2.18. The largest absolute Gasteiger partial charge is 0.462 e. The van der Waals surface area contributed by atoms with Gasteiger partial charge >= 0.3 is 17.9 Å². The Balaban J connectivity index is 4.08. The van der Waals surface area contributed by atoms with Crippen molar-refractivity contribution in [1.82, 2.24) is 0 Å². The van der Waals surface area contributed by atoms with Crippen molar-refractivity contribution in [3.8, 4) is 0 Å². The van der Waals surface area contributed by atoms with E-state index in [2.05, 4.69) is 20.8 Å². The molecular weight excluding hydrogens is 841 g/mol. The molecule has 0 aromatic carbocycles. The van der Waals surface area contributed by atoms with Crippen molar-refractivity contribution in [3.63, 3.8) is 0 Å². The summed E-state index contributed by atoms with van der Waals surface area (Å²) in [6.07, 6.45) is 65.6. The van der Waals surface area contributed by atoms with Crippen LogP contribution in [0, 0.1) is 0 Å². The van der Waals surface area contributed by atoms with E-state index in [1.165, 1.54) is 263 Å². The van der Waals surface area contributed by atoms with Crippen molar-refractivity contribution in [1.29, 1.82) is 0 Å². The van der Waals surface area contributed by atoms with Crippen molar-refractivity contribution >= 4 is 17.9 Å². The van der Waals surface area contributed by atoms with Gasteiger partial charge in [0.05, 0.1) is 0 Å². The summed E-state index contributed by atoms with van der Waals surface area (Å²) in [5.74, 6) is -0.836. The van der Waals surface area contributed by atoms with Gasteiger partial charge in [-0.05, 0) is 19.3 Å². The highest BCUT2D eigenvalue weighted by molar-refractivity contribution is 5.71. The molecular formula is C62H120O6. The van der Waals surface area contributed by atoms with Crippen molar-refractivity contribution < 1.29 is 28.6 Å². The molecule has 1 atom stereocenters. The molecule has 0 aliphatic carbocycles. The van der Waals surface area contributed by atoms with E-state index in [4.69, 9.17) is 14.2 Å². The summed E-state index contributed by atoms with van der Waals surface area (Å²) in [7, 11) is 0. The second-order valence-electron chi connectivity index (χ2n) is 21.3. The lowest BCUT2D eigenvalue weighted by Crippen LogP contribution is -2.30. The zero-order chi connectivity index (χ0) is 49.3. The molecule has 0 bridgehead atoms. The first-order valence-corrected chi connectivity index (χ1v) is 31.0. The molecule has 0 aliphatic heterocycles. The minimum absolute atomic E-state index is 0.0614. The van der Waals surface area contributed by atoms with Crippen LogP contribution >= 0.6 is 0 Å². The maximum atomic E-state index is 12.8. The van der Waals surface area contributed by atoms with Gasteiger partial charge in [-0.15, -0.1) is 0 Å². The van der Waals surface area contributed by atoms with E-state index in [0.29, 0.717) is 19.3 Å². The third-order valence-corrected chi connectivity index (χ3v) is 14.4. The monoisotopic (exact) mass is 961 g/mol. The Morgan fingerprint density at radius 2 is 0.397 bits per heavy atom. The van der Waals surface area contributed by atoms with Crippen LogP contribution in [-0.4, -0.2) is 37.2 Å². The highest BCUT2D eigenvalue weighted by atomic mass is 16.6. The molecule has 6 nitrogen and oxygen atoms in total. The molecule has 0 heterocycles. The van der Waals surface area contributed by atoms with E-state index in [-0.39, 0.29) is 31.1 Å². The Bertz CT molecular complexity index is 1010. The predicted molar refractivity (Wildman–Crippen MR) is 294 cm³/mol. The first-order valence-electron chi connectivity index (χ1n) is 31.0. The number of rotatable bonds is 58. The number of carbonyl (C=O) groups excluding carboxylic acids is 3. The first kappa shape index (κ1) is 66.4. The molecule has 0 saturated heterocycles. The van der Waals surface area contributed by atoms with Crippen LogP contribution in [0.5, 0.6) is 0 Å². The Labute approximate surface area is 425 Å². The fourth-order valence-corrected chi connectivity index (χ4v) is 9.68. The fraction of sp³-hybridized carbons (Fsp3) is 0.952. The zero-order valence-electron chi connectivity index (χ0n) is 46.4. The van der Waals surface area contributed by atoms with Gasteiger partial charge in [0, 0.05) is 19.3 Å². The maximum Gasteiger partial charge on any atom is 0.306 e. The van der Waals surface area contributed by atoms with Crippen LogP contribution in [0.2, 0.25) is 0 Å². The Morgan fingerprint density at radius 1 is 0.235 bits per heavy atom. The van der Waals surface area contributed by atoms with Gasteiger partial charge in [0.1, 0.15) is 13.2 Å². The van der Waals surface area contributed by atoms with Gasteiger partial charge in [-0.1, -0.05) is 323 Å². The summed E-state index contributed by atoms with van der Waals surface area (Å²) in [6, 6.07) is 0. The quantitative estimate of drug-likeness (QED) is 0.0343. The molecule has 0 rings (SSSR count). The smallest absolute Gasteiger partial charge is 0.306 e. The maximum absolute atomic E-state index is 12.8. The minimum Gasteiger partial charge on any atom is -0.462 e. The second kappa shape index (κ2) is 58.0. The van der Waals surface area contributed by atoms with Gasteiger partial charge in [0.15, 0.2) is 6.10 Å². The Morgan fingerprint density at radius 3 is 0.588 bits per heavy atom. The molecule has 0 aromatic rings. The van der Waals surface area contributed by atoms with E-state index >= 15 is 0 Å². The van der Waals surface area contributed by atoms with Gasteiger partial charge in [-0.25, -0.2) is 0 Å². The summed E-state index contributed by atoms with van der Waals surface area (Å²) in [5, 5.41) is 0. The van der Waals surface area contributed by atoms with E-state index in [1.54, 1.807) is 0 Å². The molecule has 1 unspecified atom stereocenters. The third-order valence-electron chi connectivity index (χ3n) is 14.4. The topological polar surface area (TPSA) is 78.9 Å². The summed E-state index contributed by atoms with van der Waals surface area (Å²) < 4.78 is 16.9. The number of unbranched alkanes of at least 4 members (excludes halogenated alkanes) is 47. The predicted octanol–water partition coefficient (Wildman–Crippen LogP) is 20.7. The minimum atomic E-state index is -0.760. The summed E-state index contributed by atoms with van der Waals surface area (Å²) in [5.41, 5.74) is 0. The molecule has 6 heteroatoms. The molecule has 0 N–H and O–H groups in total. The van der Waals surface area contributed by atoms with Gasteiger partial charge in [-0.3, -0.25) is 14.4 Å². The van der Waals surface area contributed by atoms with Crippen LogP contribution in [0.15, 0.2) is 0 Å². The van der Waals surface area contributed by atoms with E-state index in [9.17, 15) is 14.4 Å².